The van der Waals surface area contributed by atoms with Crippen molar-refractivity contribution in [2.24, 2.45) is 0 Å². The van der Waals surface area contributed by atoms with Gasteiger partial charge in [-0.3, -0.25) is 0 Å². The van der Waals surface area contributed by atoms with Crippen LogP contribution in [0.25, 0.3) is 0 Å². The van der Waals surface area contributed by atoms with Crippen molar-refractivity contribution in [2.45, 2.75) is 0 Å². The molecule has 0 aromatic heterocycles. The number of hydrogen-bond acceptors (Lipinski definition) is 0. The number of rotatable bonds is 0. The lowest BCUT2D eigenvalue weighted by Gasteiger charge is -1.69. The van der Waals surface area contributed by atoms with Gasteiger partial charge < -0.3 is 0 Å². The van der Waals surface area contributed by atoms with Crippen molar-refractivity contribution in [3.63, 3.8) is 0 Å². The Morgan fingerprint density at radius 3 is 2.00 bits per heavy atom. The fourth-order valence-electron chi connectivity index (χ4n) is 0.212. The molecule has 0 N–H and O–H groups in total. The molecule has 0 atom stereocenters. The Labute approximate surface area is 44.5 Å². The Balaban J connectivity index is 3.46. The van der Waals surface area contributed by atoms with Gasteiger partial charge in [-0.25, -0.2) is 0 Å². The minimum absolute atomic E-state index is 0.170. The van der Waals surface area contributed by atoms with Crippen LogP contribution >= 0.6 is 0 Å². The first kappa shape index (κ1) is 0.890. The smallest absolute Gasteiger partial charge is 0.0623 e. The Morgan fingerprint density at radius 1 is 0.833 bits per heavy atom. The normalized spacial score (nSPS) is 19.7. The van der Waals surface area contributed by atoms with Crippen LogP contribution in [-0.2, 0) is 0 Å². The molecule has 6 heavy (non-hydrogen) atoms. The summed E-state index contributed by atoms with van der Waals surface area (Å²) in [6.07, 6.45) is 0. The summed E-state index contributed by atoms with van der Waals surface area (Å²) in [7, 11) is 0. The van der Waals surface area contributed by atoms with Crippen molar-refractivity contribution in [1.82, 2.24) is 0 Å². The summed E-state index contributed by atoms with van der Waals surface area (Å²) in [4.78, 5) is 0. The van der Waals surface area contributed by atoms with Crippen LogP contribution in [0.15, 0.2) is 36.3 Å². The number of hydrogen-bond donors (Lipinski definition) is 0. The van der Waals surface area contributed by atoms with E-state index in [4.69, 9.17) is 6.85 Å². The second-order valence-electron chi connectivity index (χ2n) is 0.808. The van der Waals surface area contributed by atoms with Gasteiger partial charge >= 0.3 is 0 Å². The summed E-state index contributed by atoms with van der Waals surface area (Å²) >= 11 is 0. The molecule has 0 aliphatic heterocycles. The average Bonchev–Trinajstić information content (AvgIpc) is 1.97. The van der Waals surface area contributed by atoms with Gasteiger partial charge in [-0.05, 0) is 0 Å². The van der Waals surface area contributed by atoms with Crippen LogP contribution < -0.4 is 0 Å². The van der Waals surface area contributed by atoms with E-state index in [1.165, 1.54) is 0 Å². The lowest BCUT2D eigenvalue weighted by molar-refractivity contribution is 1.72. The summed E-state index contributed by atoms with van der Waals surface area (Å²) < 4.78 is 35.5. The number of benzene rings is 1. The largest absolute Gasteiger partial charge is 0.0623 e. The van der Waals surface area contributed by atoms with E-state index in [1.54, 1.807) is 0 Å². The second kappa shape index (κ2) is 1.61. The van der Waals surface area contributed by atoms with Crippen LogP contribution in [0, 0.1) is 0 Å². The van der Waals surface area contributed by atoms with Gasteiger partial charge in [-0.15, -0.1) is 0 Å². The molecule has 30 valence electrons. The molecule has 0 unspecified atom stereocenters. The third kappa shape index (κ3) is 0.582. The van der Waals surface area contributed by atoms with Crippen molar-refractivity contribution < 1.29 is 6.85 Å². The molecule has 0 nitrogen and oxygen atoms in total. The quantitative estimate of drug-likeness (QED) is 0.447. The zero-order valence-electron chi connectivity index (χ0n) is 8.08. The van der Waals surface area contributed by atoms with E-state index in [9.17, 15) is 0 Å². The summed E-state index contributed by atoms with van der Waals surface area (Å²) in [5, 5.41) is 0. The van der Waals surface area contributed by atoms with E-state index < -0.39 is 0 Å². The molecule has 0 saturated carbocycles. The lowest BCUT2D eigenvalue weighted by Crippen LogP contribution is -1.47. The molecule has 0 aliphatic rings. The Hall–Kier alpha value is -0.780. The monoisotopic (exact) mass is 83.1 g/mol. The maximum Gasteiger partial charge on any atom is 0.0623 e. The summed E-state index contributed by atoms with van der Waals surface area (Å²) in [6, 6.07) is -0.158. The van der Waals surface area contributed by atoms with Gasteiger partial charge in [-0.1, -0.05) is 36.3 Å². The van der Waals surface area contributed by atoms with Gasteiger partial charge in [0.2, 0.25) is 0 Å². The Bertz CT molecular complexity index is 267. The van der Waals surface area contributed by atoms with Gasteiger partial charge in [0, 0.05) is 0 Å². The average molecular weight is 83.1 g/mol. The maximum absolute atomic E-state index is 7.11. The second-order valence-corrected chi connectivity index (χ2v) is 0.808. The van der Waals surface area contributed by atoms with Gasteiger partial charge in [-0.2, -0.15) is 0 Å². The molecule has 0 saturated heterocycles. The van der Waals surface area contributed by atoms with Crippen molar-refractivity contribution in [1.29, 1.82) is 0 Å². The van der Waals surface area contributed by atoms with Crippen molar-refractivity contribution in [3.05, 3.63) is 36.3 Å². The molecule has 0 radical (unpaired) electrons. The highest BCUT2D eigenvalue weighted by Gasteiger charge is 1.57. The molecule has 0 heteroatoms. The summed E-state index contributed by atoms with van der Waals surface area (Å²) in [6.45, 7) is 0. The predicted molar refractivity (Wildman–Crippen MR) is 26.4 cm³/mol. The van der Waals surface area contributed by atoms with E-state index in [-0.39, 0.29) is 30.2 Å². The molecule has 0 fully saturated rings. The molecule has 0 heterocycles. The molecule has 1 aromatic rings. The first-order valence-corrected chi connectivity index (χ1v) is 1.58. The van der Waals surface area contributed by atoms with Gasteiger partial charge in [0.1, 0.15) is 0 Å². The van der Waals surface area contributed by atoms with Crippen LogP contribution in [0.1, 0.15) is 6.85 Å². The highest BCUT2D eigenvalue weighted by atomic mass is 13.6. The molecular formula is C6H6. The highest BCUT2D eigenvalue weighted by molar-refractivity contribution is 4.99. The van der Waals surface area contributed by atoms with Crippen LogP contribution in [-0.4, -0.2) is 0 Å². The van der Waals surface area contributed by atoms with Gasteiger partial charge in [0.25, 0.3) is 0 Å². The van der Waals surface area contributed by atoms with Gasteiger partial charge in [0.15, 0.2) is 0 Å². The zero-order valence-corrected chi connectivity index (χ0v) is 3.08. The third-order valence-electron chi connectivity index (χ3n) is 0.414. The molecule has 0 amide bonds. The first-order chi connectivity index (χ1) is 5.04. The first-order valence-electron chi connectivity index (χ1n) is 4.08. The van der Waals surface area contributed by atoms with E-state index in [0.29, 0.717) is 0 Å². The van der Waals surface area contributed by atoms with Crippen LogP contribution in [0.4, 0.5) is 0 Å². The van der Waals surface area contributed by atoms with Crippen molar-refractivity contribution in [2.75, 3.05) is 0 Å². The van der Waals surface area contributed by atoms with Gasteiger partial charge in [0.05, 0.1) is 6.85 Å². The van der Waals surface area contributed by atoms with E-state index in [0.717, 1.165) is 6.07 Å². The summed E-state index contributed by atoms with van der Waals surface area (Å²) in [5.41, 5.74) is 0. The van der Waals surface area contributed by atoms with E-state index in [1.807, 2.05) is 0 Å². The van der Waals surface area contributed by atoms with E-state index in [2.05, 4.69) is 0 Å². The van der Waals surface area contributed by atoms with Crippen molar-refractivity contribution in [3.8, 4) is 0 Å². The standard InChI is InChI=1S/C6H6/c1-2-4-6-5-3-1/h1-6H/i1D,2D,3D,4D,5D. The van der Waals surface area contributed by atoms with Crippen LogP contribution in [0.5, 0.6) is 0 Å². The maximum atomic E-state index is 7.11. The van der Waals surface area contributed by atoms with Crippen LogP contribution in [0.3, 0.4) is 0 Å². The Kier molecular flexibility index (Phi) is 0.238. The minimum Gasteiger partial charge on any atom is -0.0623 e. The van der Waals surface area contributed by atoms with Crippen molar-refractivity contribution >= 4 is 0 Å². The fraction of sp³-hybridized carbons (Fsp3) is 0. The topological polar surface area (TPSA) is 0 Å². The predicted octanol–water partition coefficient (Wildman–Crippen LogP) is 1.69. The van der Waals surface area contributed by atoms with Crippen LogP contribution in [0.2, 0.25) is 0 Å². The lowest BCUT2D eigenvalue weighted by atomic mass is 10.4. The molecule has 1 aromatic carbocycles. The Morgan fingerprint density at radius 2 is 1.33 bits per heavy atom. The third-order valence-corrected chi connectivity index (χ3v) is 0.414. The highest BCUT2D eigenvalue weighted by Crippen LogP contribution is 1.79. The molecule has 1 rings (SSSR count). The zero-order chi connectivity index (χ0) is 8.59. The fourth-order valence-corrected chi connectivity index (χ4v) is 0.212. The molecule has 0 spiro atoms. The molecular weight excluding hydrogens is 72.1 g/mol. The molecule has 0 bridgehead atoms. The molecule has 0 aliphatic carbocycles. The SMILES string of the molecule is [2H]c1cc([2H])c([2H])c([2H])c1[2H]. The summed E-state index contributed by atoms with van der Waals surface area (Å²) in [5.74, 6) is 0. The minimum atomic E-state index is -0.345. The van der Waals surface area contributed by atoms with E-state index >= 15 is 0 Å².